The second-order valence-corrected chi connectivity index (χ2v) is 8.44. The number of carbonyl (C=O) groups excluding carboxylic acids is 1. The molecule has 0 saturated heterocycles. The highest BCUT2D eigenvalue weighted by molar-refractivity contribution is 9.10. The molecule has 0 spiro atoms. The summed E-state index contributed by atoms with van der Waals surface area (Å²) in [5, 5.41) is 4.56. The molecule has 0 aliphatic carbocycles. The number of thioether (sulfide) groups is 1. The first-order valence-electron chi connectivity index (χ1n) is 9.33. The van der Waals surface area contributed by atoms with E-state index in [0.717, 1.165) is 15.9 Å². The van der Waals surface area contributed by atoms with Crippen LogP contribution in [0.3, 0.4) is 0 Å². The van der Waals surface area contributed by atoms with E-state index in [-0.39, 0.29) is 24.1 Å². The van der Waals surface area contributed by atoms with Crippen LogP contribution in [0.25, 0.3) is 0 Å². The normalized spacial score (nSPS) is 11.0. The van der Waals surface area contributed by atoms with E-state index in [9.17, 15) is 9.18 Å². The predicted octanol–water partition coefficient (Wildman–Crippen LogP) is 4.82. The van der Waals surface area contributed by atoms with Crippen LogP contribution in [0.15, 0.2) is 63.3 Å². The average molecular weight is 503 g/mol. The van der Waals surface area contributed by atoms with Crippen molar-refractivity contribution in [2.45, 2.75) is 25.6 Å². The van der Waals surface area contributed by atoms with Crippen LogP contribution in [0.4, 0.5) is 4.39 Å². The summed E-state index contributed by atoms with van der Waals surface area (Å²) in [5.74, 6) is 0.0395. The monoisotopic (exact) mass is 502 g/mol. The number of benzene rings is 2. The Morgan fingerprint density at radius 2 is 1.94 bits per heavy atom. The van der Waals surface area contributed by atoms with Crippen molar-refractivity contribution < 1.29 is 13.9 Å². The smallest absolute Gasteiger partial charge is 0.250 e. The molecule has 3 aromatic rings. The van der Waals surface area contributed by atoms with Crippen molar-refractivity contribution in [1.29, 1.82) is 0 Å². The minimum atomic E-state index is -0.327. The Balaban J connectivity index is 1.58. The van der Waals surface area contributed by atoms with Gasteiger partial charge in [-0.25, -0.2) is 19.8 Å². The Labute approximate surface area is 192 Å². The minimum Gasteiger partial charge on any atom is -0.488 e. The molecule has 0 atom stereocenters. The molecule has 1 heterocycles. The number of hydrogen-bond donors (Lipinski definition) is 1. The summed E-state index contributed by atoms with van der Waals surface area (Å²) in [4.78, 5) is 20.7. The van der Waals surface area contributed by atoms with Crippen molar-refractivity contribution in [2.75, 3.05) is 5.75 Å². The summed E-state index contributed by atoms with van der Waals surface area (Å²) >= 11 is 4.65. The number of hydrogen-bond acceptors (Lipinski definition) is 6. The molecule has 0 radical (unpaired) electrons. The van der Waals surface area contributed by atoms with Crippen molar-refractivity contribution in [1.82, 2.24) is 15.4 Å². The number of rotatable bonds is 8. The van der Waals surface area contributed by atoms with Crippen LogP contribution < -0.4 is 10.2 Å². The van der Waals surface area contributed by atoms with Crippen molar-refractivity contribution in [3.05, 3.63) is 81.3 Å². The highest BCUT2D eigenvalue weighted by atomic mass is 79.9. The largest absolute Gasteiger partial charge is 0.488 e. The van der Waals surface area contributed by atoms with Crippen LogP contribution >= 0.6 is 27.7 Å². The maximum Gasteiger partial charge on any atom is 0.250 e. The zero-order valence-corrected chi connectivity index (χ0v) is 19.3. The summed E-state index contributed by atoms with van der Waals surface area (Å²) in [6.07, 6.45) is 1.48. The molecule has 0 fully saturated rings. The van der Waals surface area contributed by atoms with E-state index in [4.69, 9.17) is 4.74 Å². The van der Waals surface area contributed by atoms with Crippen LogP contribution in [0.1, 0.15) is 22.5 Å². The lowest BCUT2D eigenvalue weighted by Gasteiger charge is -2.10. The number of nitrogens with zero attached hydrogens (tertiary/aromatic N) is 3. The van der Waals surface area contributed by atoms with Gasteiger partial charge in [0.2, 0.25) is 0 Å². The Bertz CT molecular complexity index is 1090. The molecule has 0 unspecified atom stereocenters. The number of ether oxygens (including phenoxy) is 1. The van der Waals surface area contributed by atoms with Gasteiger partial charge in [0.05, 0.1) is 12.0 Å². The van der Waals surface area contributed by atoms with Gasteiger partial charge in [0.15, 0.2) is 5.16 Å². The molecule has 160 valence electrons. The first kappa shape index (κ1) is 22.9. The van der Waals surface area contributed by atoms with Gasteiger partial charge in [0, 0.05) is 27.0 Å². The maximum atomic E-state index is 13.8. The Morgan fingerprint density at radius 1 is 1.19 bits per heavy atom. The number of hydrazone groups is 1. The average Bonchev–Trinajstić information content (AvgIpc) is 2.72. The van der Waals surface area contributed by atoms with Crippen LogP contribution in [0.2, 0.25) is 0 Å². The molecule has 6 nitrogen and oxygen atoms in total. The summed E-state index contributed by atoms with van der Waals surface area (Å²) in [6, 6.07) is 13.7. The van der Waals surface area contributed by atoms with Crippen molar-refractivity contribution >= 4 is 39.8 Å². The third-order valence-corrected chi connectivity index (χ3v) is 5.34. The third-order valence-electron chi connectivity index (χ3n) is 4.00. The lowest BCUT2D eigenvalue weighted by Crippen LogP contribution is -2.20. The molecule has 9 heteroatoms. The summed E-state index contributed by atoms with van der Waals surface area (Å²) in [5.41, 5.74) is 5.28. The number of carbonyl (C=O) groups is 1. The standard InChI is InChI=1S/C22H20BrFN4O2S/c1-14-9-15(2)27-22(26-14)31-13-21(29)28-25-11-17-10-18(23)7-8-20(17)30-12-16-5-3-4-6-19(16)24/h3-11H,12-13H2,1-2H3,(H,28,29)/b25-11-. The van der Waals surface area contributed by atoms with Crippen LogP contribution in [0, 0.1) is 19.7 Å². The highest BCUT2D eigenvalue weighted by Gasteiger charge is 2.08. The van der Waals surface area contributed by atoms with Gasteiger partial charge in [-0.2, -0.15) is 5.10 Å². The SMILES string of the molecule is Cc1cc(C)nc(SCC(=O)N/N=C\c2cc(Br)ccc2OCc2ccccc2F)n1. The van der Waals surface area contributed by atoms with Crippen molar-refractivity contribution in [3.63, 3.8) is 0 Å². The predicted molar refractivity (Wildman–Crippen MR) is 123 cm³/mol. The molecule has 0 bridgehead atoms. The number of aromatic nitrogens is 2. The molecule has 1 amide bonds. The third kappa shape index (κ3) is 7.15. The number of amides is 1. The Morgan fingerprint density at radius 3 is 2.68 bits per heavy atom. The second kappa shape index (κ2) is 11.0. The summed E-state index contributed by atoms with van der Waals surface area (Å²) < 4.78 is 20.4. The Kier molecular flexibility index (Phi) is 8.13. The number of halogens is 2. The summed E-state index contributed by atoms with van der Waals surface area (Å²) in [6.45, 7) is 3.84. The van der Waals surface area contributed by atoms with Gasteiger partial charge in [-0.15, -0.1) is 0 Å². The molecule has 0 saturated carbocycles. The van der Waals surface area contributed by atoms with Crippen LogP contribution in [0.5, 0.6) is 5.75 Å². The molecular formula is C22H20BrFN4O2S. The first-order chi connectivity index (χ1) is 14.9. The number of nitrogens with one attached hydrogen (secondary N) is 1. The first-order valence-corrected chi connectivity index (χ1v) is 11.1. The van der Waals surface area contributed by atoms with Crippen LogP contribution in [-0.4, -0.2) is 27.8 Å². The molecule has 1 N–H and O–H groups in total. The molecular weight excluding hydrogens is 483 g/mol. The van der Waals surface area contributed by atoms with E-state index < -0.39 is 0 Å². The molecule has 0 aliphatic heterocycles. The van der Waals surface area contributed by atoms with Crippen molar-refractivity contribution in [3.8, 4) is 5.75 Å². The van der Waals surface area contributed by atoms with E-state index in [2.05, 4.69) is 36.4 Å². The van der Waals surface area contributed by atoms with E-state index in [1.807, 2.05) is 26.0 Å². The molecule has 2 aromatic carbocycles. The fourth-order valence-electron chi connectivity index (χ4n) is 2.62. The van der Waals surface area contributed by atoms with Gasteiger partial charge >= 0.3 is 0 Å². The molecule has 0 aliphatic rings. The van der Waals surface area contributed by atoms with Gasteiger partial charge < -0.3 is 4.74 Å². The number of aryl methyl sites for hydroxylation is 2. The van der Waals surface area contributed by atoms with Crippen molar-refractivity contribution in [2.24, 2.45) is 5.10 Å². The molecule has 31 heavy (non-hydrogen) atoms. The van der Waals surface area contributed by atoms with Crippen LogP contribution in [-0.2, 0) is 11.4 Å². The zero-order chi connectivity index (χ0) is 22.2. The van der Waals surface area contributed by atoms with Gasteiger partial charge in [-0.05, 0) is 44.2 Å². The van der Waals surface area contributed by atoms with Gasteiger partial charge in [-0.3, -0.25) is 4.79 Å². The lowest BCUT2D eigenvalue weighted by atomic mass is 10.2. The second-order valence-electron chi connectivity index (χ2n) is 6.58. The minimum absolute atomic E-state index is 0.0774. The van der Waals surface area contributed by atoms with E-state index in [1.54, 1.807) is 30.3 Å². The lowest BCUT2D eigenvalue weighted by molar-refractivity contribution is -0.118. The highest BCUT2D eigenvalue weighted by Crippen LogP contribution is 2.23. The maximum absolute atomic E-state index is 13.8. The van der Waals surface area contributed by atoms with Gasteiger partial charge in [0.25, 0.3) is 5.91 Å². The molecule has 1 aromatic heterocycles. The van der Waals surface area contributed by atoms with E-state index in [0.29, 0.717) is 22.0 Å². The quantitative estimate of drug-likeness (QED) is 0.207. The van der Waals surface area contributed by atoms with Gasteiger partial charge in [-0.1, -0.05) is 45.9 Å². The van der Waals surface area contributed by atoms with Gasteiger partial charge in [0.1, 0.15) is 18.2 Å². The van der Waals surface area contributed by atoms with E-state index >= 15 is 0 Å². The molecule has 3 rings (SSSR count). The Hall–Kier alpha value is -2.78. The van der Waals surface area contributed by atoms with E-state index in [1.165, 1.54) is 24.0 Å². The topological polar surface area (TPSA) is 76.5 Å². The zero-order valence-electron chi connectivity index (χ0n) is 16.9. The fourth-order valence-corrected chi connectivity index (χ4v) is 3.74. The summed E-state index contributed by atoms with van der Waals surface area (Å²) in [7, 11) is 0. The fraction of sp³-hybridized carbons (Fsp3) is 0.182.